The van der Waals surface area contributed by atoms with Gasteiger partial charge in [-0.05, 0) is 35.9 Å². The summed E-state index contributed by atoms with van der Waals surface area (Å²) in [5.74, 6) is 1.29. The van der Waals surface area contributed by atoms with Gasteiger partial charge in [0.05, 0.1) is 19.8 Å². The molecule has 3 heteroatoms. The topological polar surface area (TPSA) is 35.5 Å². The van der Waals surface area contributed by atoms with E-state index in [1.807, 2.05) is 36.4 Å². The molecule has 20 heavy (non-hydrogen) atoms. The van der Waals surface area contributed by atoms with Crippen LogP contribution in [-0.4, -0.2) is 20.0 Å². The number of hydrogen-bond donors (Lipinski definition) is 0. The number of benzene rings is 2. The van der Waals surface area contributed by atoms with Gasteiger partial charge in [0, 0.05) is 0 Å². The monoisotopic (exact) mass is 268 g/mol. The van der Waals surface area contributed by atoms with Crippen LogP contribution >= 0.6 is 0 Å². The van der Waals surface area contributed by atoms with E-state index in [0.29, 0.717) is 11.3 Å². The molecule has 0 aromatic heterocycles. The Bertz CT molecular complexity index is 612. The van der Waals surface area contributed by atoms with E-state index in [2.05, 4.69) is 0 Å². The number of carbonyl (C=O) groups excluding carboxylic acids is 1. The quantitative estimate of drug-likeness (QED) is 0.614. The first-order chi connectivity index (χ1) is 9.74. The van der Waals surface area contributed by atoms with E-state index >= 15 is 0 Å². The summed E-state index contributed by atoms with van der Waals surface area (Å²) in [6.07, 6.45) is 3.31. The van der Waals surface area contributed by atoms with Gasteiger partial charge >= 0.3 is 0 Å². The highest BCUT2D eigenvalue weighted by Gasteiger charge is 2.07. The van der Waals surface area contributed by atoms with E-state index in [0.717, 1.165) is 11.3 Å². The third kappa shape index (κ3) is 3.26. The smallest absolute Gasteiger partial charge is 0.189 e. The van der Waals surface area contributed by atoms with Crippen molar-refractivity contribution in [3.63, 3.8) is 0 Å². The molecular weight excluding hydrogens is 252 g/mol. The first kappa shape index (κ1) is 13.9. The highest BCUT2D eigenvalue weighted by atomic mass is 16.5. The minimum absolute atomic E-state index is 0.0849. The van der Waals surface area contributed by atoms with Gasteiger partial charge in [-0.25, -0.2) is 0 Å². The highest BCUT2D eigenvalue weighted by Crippen LogP contribution is 2.19. The van der Waals surface area contributed by atoms with Gasteiger partial charge in [-0.1, -0.05) is 30.3 Å². The molecular formula is C17H16O3. The molecule has 0 amide bonds. The molecule has 2 aromatic rings. The molecule has 0 heterocycles. The second-order valence-electron chi connectivity index (χ2n) is 4.17. The van der Waals surface area contributed by atoms with Crippen LogP contribution in [0, 0.1) is 0 Å². The predicted molar refractivity (Wildman–Crippen MR) is 79.4 cm³/mol. The number of carbonyl (C=O) groups is 1. The number of rotatable bonds is 5. The highest BCUT2D eigenvalue weighted by molar-refractivity contribution is 6.08. The van der Waals surface area contributed by atoms with Gasteiger partial charge in [-0.2, -0.15) is 0 Å². The number of hydrogen-bond acceptors (Lipinski definition) is 3. The largest absolute Gasteiger partial charge is 0.497 e. The molecule has 0 saturated carbocycles. The molecule has 0 atom stereocenters. The Hall–Kier alpha value is -2.55. The first-order valence-corrected chi connectivity index (χ1v) is 6.24. The molecule has 0 aliphatic carbocycles. The van der Waals surface area contributed by atoms with Crippen molar-refractivity contribution in [3.05, 3.63) is 65.7 Å². The maximum atomic E-state index is 12.1. The molecule has 3 nitrogen and oxygen atoms in total. The number of methoxy groups -OCH3 is 2. The minimum atomic E-state index is -0.0849. The van der Waals surface area contributed by atoms with Crippen molar-refractivity contribution in [2.45, 2.75) is 0 Å². The van der Waals surface area contributed by atoms with Crippen LogP contribution in [0.4, 0.5) is 0 Å². The average Bonchev–Trinajstić information content (AvgIpc) is 2.53. The number of para-hydroxylation sites is 1. The summed E-state index contributed by atoms with van der Waals surface area (Å²) < 4.78 is 10.3. The average molecular weight is 268 g/mol. The van der Waals surface area contributed by atoms with Gasteiger partial charge in [-0.3, -0.25) is 4.79 Å². The summed E-state index contributed by atoms with van der Waals surface area (Å²) in [4.78, 5) is 12.1. The maximum absolute atomic E-state index is 12.1. The molecule has 0 spiro atoms. The van der Waals surface area contributed by atoms with E-state index in [-0.39, 0.29) is 5.78 Å². The maximum Gasteiger partial charge on any atom is 0.189 e. The first-order valence-electron chi connectivity index (χ1n) is 6.24. The summed E-state index contributed by atoms with van der Waals surface area (Å²) in [5.41, 5.74) is 1.49. The third-order valence-corrected chi connectivity index (χ3v) is 2.92. The lowest BCUT2D eigenvalue weighted by Gasteiger charge is -2.04. The molecule has 2 rings (SSSR count). The lowest BCUT2D eigenvalue weighted by molar-refractivity contribution is 0.104. The SMILES string of the molecule is COc1ccc(C=CC(=O)c2ccccc2OC)cc1. The van der Waals surface area contributed by atoms with Gasteiger partial charge < -0.3 is 9.47 Å². The fraction of sp³-hybridized carbons (Fsp3) is 0.118. The Morgan fingerprint density at radius 1 is 0.950 bits per heavy atom. The number of ketones is 1. The third-order valence-electron chi connectivity index (χ3n) is 2.92. The number of allylic oxidation sites excluding steroid dienone is 1. The molecule has 0 fully saturated rings. The van der Waals surface area contributed by atoms with Gasteiger partial charge in [0.25, 0.3) is 0 Å². The van der Waals surface area contributed by atoms with Crippen LogP contribution in [0.15, 0.2) is 54.6 Å². The fourth-order valence-electron chi connectivity index (χ4n) is 1.82. The van der Waals surface area contributed by atoms with Crippen molar-refractivity contribution < 1.29 is 14.3 Å². The van der Waals surface area contributed by atoms with Crippen LogP contribution in [0.25, 0.3) is 6.08 Å². The van der Waals surface area contributed by atoms with Crippen LogP contribution < -0.4 is 9.47 Å². The van der Waals surface area contributed by atoms with Crippen LogP contribution in [0.3, 0.4) is 0 Å². The van der Waals surface area contributed by atoms with Crippen molar-refractivity contribution in [1.29, 1.82) is 0 Å². The van der Waals surface area contributed by atoms with Crippen molar-refractivity contribution in [3.8, 4) is 11.5 Å². The lowest BCUT2D eigenvalue weighted by Crippen LogP contribution is -1.98. The number of ether oxygens (including phenoxy) is 2. The molecule has 0 N–H and O–H groups in total. The van der Waals surface area contributed by atoms with Crippen molar-refractivity contribution in [1.82, 2.24) is 0 Å². The van der Waals surface area contributed by atoms with E-state index in [9.17, 15) is 4.79 Å². The zero-order valence-electron chi connectivity index (χ0n) is 11.5. The molecule has 0 aliphatic heterocycles. The molecule has 0 bridgehead atoms. The summed E-state index contributed by atoms with van der Waals surface area (Å²) in [7, 11) is 3.18. The van der Waals surface area contributed by atoms with Gasteiger partial charge in [0.1, 0.15) is 11.5 Å². The summed E-state index contributed by atoms with van der Waals surface area (Å²) >= 11 is 0. The Morgan fingerprint density at radius 2 is 1.65 bits per heavy atom. The molecule has 0 unspecified atom stereocenters. The van der Waals surface area contributed by atoms with E-state index in [4.69, 9.17) is 9.47 Å². The summed E-state index contributed by atoms with van der Waals surface area (Å²) in [5, 5.41) is 0. The van der Waals surface area contributed by atoms with Gasteiger partial charge in [0.2, 0.25) is 0 Å². The molecule has 102 valence electrons. The Morgan fingerprint density at radius 3 is 2.30 bits per heavy atom. The molecule has 2 aromatic carbocycles. The lowest BCUT2D eigenvalue weighted by atomic mass is 10.1. The Balaban J connectivity index is 2.15. The van der Waals surface area contributed by atoms with Crippen LogP contribution in [-0.2, 0) is 0 Å². The Labute approximate surface area is 118 Å². The molecule has 0 saturated heterocycles. The second-order valence-corrected chi connectivity index (χ2v) is 4.17. The fourth-order valence-corrected chi connectivity index (χ4v) is 1.82. The second kappa shape index (κ2) is 6.57. The van der Waals surface area contributed by atoms with Crippen molar-refractivity contribution in [2.24, 2.45) is 0 Å². The zero-order chi connectivity index (χ0) is 14.4. The zero-order valence-corrected chi connectivity index (χ0v) is 11.5. The van der Waals surface area contributed by atoms with Gasteiger partial charge in [0.15, 0.2) is 5.78 Å². The molecule has 0 radical (unpaired) electrons. The standard InChI is InChI=1S/C17H16O3/c1-19-14-10-7-13(8-11-14)9-12-16(18)15-5-3-4-6-17(15)20-2/h3-12H,1-2H3. The molecule has 0 aliphatic rings. The normalized spacial score (nSPS) is 10.5. The van der Waals surface area contributed by atoms with Crippen molar-refractivity contribution >= 4 is 11.9 Å². The summed E-state index contributed by atoms with van der Waals surface area (Å²) in [6, 6.07) is 14.7. The van der Waals surface area contributed by atoms with Crippen molar-refractivity contribution in [2.75, 3.05) is 14.2 Å². The Kier molecular flexibility index (Phi) is 4.56. The van der Waals surface area contributed by atoms with Crippen LogP contribution in [0.2, 0.25) is 0 Å². The van der Waals surface area contributed by atoms with Crippen LogP contribution in [0.1, 0.15) is 15.9 Å². The van der Waals surface area contributed by atoms with Gasteiger partial charge in [-0.15, -0.1) is 0 Å². The van der Waals surface area contributed by atoms with Crippen LogP contribution in [0.5, 0.6) is 11.5 Å². The predicted octanol–water partition coefficient (Wildman–Crippen LogP) is 3.60. The van der Waals surface area contributed by atoms with E-state index in [1.54, 1.807) is 38.5 Å². The van der Waals surface area contributed by atoms with E-state index in [1.165, 1.54) is 0 Å². The van der Waals surface area contributed by atoms with E-state index < -0.39 is 0 Å². The summed E-state index contributed by atoms with van der Waals surface area (Å²) in [6.45, 7) is 0. The minimum Gasteiger partial charge on any atom is -0.497 e.